The minimum Gasteiger partial charge on any atom is -0.334 e. The van der Waals surface area contributed by atoms with Crippen LogP contribution in [0.1, 0.15) is 0 Å². The van der Waals surface area contributed by atoms with Crippen LogP contribution in [-0.2, 0) is 7.05 Å². The fourth-order valence-electron chi connectivity index (χ4n) is 2.03. The van der Waals surface area contributed by atoms with E-state index in [0.717, 1.165) is 17.3 Å². The van der Waals surface area contributed by atoms with Crippen molar-refractivity contribution in [3.05, 3.63) is 58.3 Å². The van der Waals surface area contributed by atoms with Gasteiger partial charge in [-0.2, -0.15) is 10.1 Å². The maximum atomic E-state index is 11.0. The number of benzene rings is 1. The molecule has 0 saturated carbocycles. The van der Waals surface area contributed by atoms with Crippen molar-refractivity contribution >= 4 is 28.8 Å². The summed E-state index contributed by atoms with van der Waals surface area (Å²) in [6, 6.07) is 7.35. The Kier molecular flexibility index (Phi) is 3.90. The summed E-state index contributed by atoms with van der Waals surface area (Å²) in [5, 5.41) is 17.9. The predicted molar refractivity (Wildman–Crippen MR) is 85.6 cm³/mol. The SMILES string of the molecule is Cn1cc(-c2ccc(Nc3nc(Cl)ncc3[N+](=O)[O-])cc2)cn1. The van der Waals surface area contributed by atoms with Gasteiger partial charge >= 0.3 is 5.69 Å². The molecule has 8 nitrogen and oxygen atoms in total. The fourth-order valence-corrected chi connectivity index (χ4v) is 2.17. The number of rotatable bonds is 4. The number of nitro groups is 1. The third-order valence-electron chi connectivity index (χ3n) is 3.12. The van der Waals surface area contributed by atoms with E-state index in [0.29, 0.717) is 5.69 Å². The Morgan fingerprint density at radius 1 is 1.22 bits per heavy atom. The number of halogens is 1. The van der Waals surface area contributed by atoms with Crippen molar-refractivity contribution in [3.8, 4) is 11.1 Å². The monoisotopic (exact) mass is 330 g/mol. The number of nitrogens with zero attached hydrogens (tertiary/aromatic N) is 5. The summed E-state index contributed by atoms with van der Waals surface area (Å²) in [6.45, 7) is 0. The molecule has 23 heavy (non-hydrogen) atoms. The second-order valence-corrected chi connectivity index (χ2v) is 5.07. The molecule has 2 aromatic heterocycles. The van der Waals surface area contributed by atoms with Gasteiger partial charge in [0.15, 0.2) is 0 Å². The molecule has 0 fully saturated rings. The number of nitrogens with one attached hydrogen (secondary N) is 1. The van der Waals surface area contributed by atoms with E-state index >= 15 is 0 Å². The lowest BCUT2D eigenvalue weighted by molar-refractivity contribution is -0.384. The Hall–Kier alpha value is -3.00. The summed E-state index contributed by atoms with van der Waals surface area (Å²) in [7, 11) is 1.84. The van der Waals surface area contributed by atoms with Crippen LogP contribution in [0.3, 0.4) is 0 Å². The van der Waals surface area contributed by atoms with Crippen molar-refractivity contribution in [2.24, 2.45) is 7.05 Å². The molecular formula is C14H11ClN6O2. The minimum absolute atomic E-state index is 0.0455. The summed E-state index contributed by atoms with van der Waals surface area (Å²) >= 11 is 5.70. The van der Waals surface area contributed by atoms with Gasteiger partial charge < -0.3 is 5.32 Å². The van der Waals surface area contributed by atoms with Crippen LogP contribution in [0.2, 0.25) is 5.28 Å². The maximum absolute atomic E-state index is 11.0. The molecule has 116 valence electrons. The summed E-state index contributed by atoms with van der Waals surface area (Å²) in [5.41, 5.74) is 2.37. The Balaban J connectivity index is 1.87. The van der Waals surface area contributed by atoms with Gasteiger partial charge in [-0.15, -0.1) is 0 Å². The third kappa shape index (κ3) is 3.27. The molecule has 0 saturated heterocycles. The number of hydrogen-bond donors (Lipinski definition) is 1. The molecule has 2 heterocycles. The summed E-state index contributed by atoms with van der Waals surface area (Å²) in [5.74, 6) is 0.0455. The molecule has 0 amide bonds. The molecule has 0 spiro atoms. The zero-order valence-electron chi connectivity index (χ0n) is 12.0. The van der Waals surface area contributed by atoms with E-state index < -0.39 is 4.92 Å². The number of aryl methyl sites for hydroxylation is 1. The smallest absolute Gasteiger partial charge is 0.329 e. The van der Waals surface area contributed by atoms with E-state index in [1.54, 1.807) is 23.0 Å². The molecule has 0 radical (unpaired) electrons. The third-order valence-corrected chi connectivity index (χ3v) is 3.30. The first-order valence-electron chi connectivity index (χ1n) is 6.56. The van der Waals surface area contributed by atoms with Crippen LogP contribution in [0.15, 0.2) is 42.9 Å². The molecule has 0 aliphatic carbocycles. The highest BCUT2D eigenvalue weighted by Gasteiger charge is 2.17. The van der Waals surface area contributed by atoms with Crippen LogP contribution in [0.5, 0.6) is 0 Å². The van der Waals surface area contributed by atoms with Crippen molar-refractivity contribution < 1.29 is 4.92 Å². The van der Waals surface area contributed by atoms with Gasteiger partial charge in [0, 0.05) is 24.5 Å². The lowest BCUT2D eigenvalue weighted by Crippen LogP contribution is -2.01. The predicted octanol–water partition coefficient (Wildman–Crippen LogP) is 3.18. The van der Waals surface area contributed by atoms with E-state index in [1.807, 2.05) is 25.4 Å². The first-order chi connectivity index (χ1) is 11.0. The van der Waals surface area contributed by atoms with Gasteiger partial charge in [0.05, 0.1) is 11.1 Å². The Morgan fingerprint density at radius 3 is 2.57 bits per heavy atom. The van der Waals surface area contributed by atoms with Crippen LogP contribution in [0, 0.1) is 10.1 Å². The Labute approximate surface area is 135 Å². The molecule has 0 bridgehead atoms. The lowest BCUT2D eigenvalue weighted by atomic mass is 10.1. The maximum Gasteiger partial charge on any atom is 0.329 e. The van der Waals surface area contributed by atoms with Crippen LogP contribution < -0.4 is 5.32 Å². The lowest BCUT2D eigenvalue weighted by Gasteiger charge is -2.07. The summed E-state index contributed by atoms with van der Waals surface area (Å²) < 4.78 is 1.72. The molecule has 3 aromatic rings. The molecule has 3 rings (SSSR count). The van der Waals surface area contributed by atoms with Gasteiger partial charge in [0.2, 0.25) is 11.1 Å². The molecule has 0 aliphatic heterocycles. The highest BCUT2D eigenvalue weighted by atomic mass is 35.5. The second-order valence-electron chi connectivity index (χ2n) is 4.74. The van der Waals surface area contributed by atoms with Gasteiger partial charge in [-0.3, -0.25) is 14.8 Å². The van der Waals surface area contributed by atoms with Crippen molar-refractivity contribution in [3.63, 3.8) is 0 Å². The van der Waals surface area contributed by atoms with Crippen LogP contribution in [0.4, 0.5) is 17.2 Å². The minimum atomic E-state index is -0.567. The van der Waals surface area contributed by atoms with Gasteiger partial charge in [0.25, 0.3) is 0 Å². The largest absolute Gasteiger partial charge is 0.334 e. The number of anilines is 2. The zero-order chi connectivity index (χ0) is 16.4. The van der Waals surface area contributed by atoms with Crippen molar-refractivity contribution in [2.75, 3.05) is 5.32 Å². The van der Waals surface area contributed by atoms with Crippen LogP contribution in [-0.4, -0.2) is 24.7 Å². The van der Waals surface area contributed by atoms with E-state index in [1.165, 1.54) is 0 Å². The fraction of sp³-hybridized carbons (Fsp3) is 0.0714. The quantitative estimate of drug-likeness (QED) is 0.448. The summed E-state index contributed by atoms with van der Waals surface area (Å²) in [6.07, 6.45) is 4.73. The van der Waals surface area contributed by atoms with Crippen LogP contribution in [0.25, 0.3) is 11.1 Å². The van der Waals surface area contributed by atoms with Crippen molar-refractivity contribution in [1.29, 1.82) is 0 Å². The zero-order valence-corrected chi connectivity index (χ0v) is 12.7. The molecular weight excluding hydrogens is 320 g/mol. The molecule has 1 aromatic carbocycles. The molecule has 0 aliphatic rings. The van der Waals surface area contributed by atoms with Crippen molar-refractivity contribution in [2.45, 2.75) is 0 Å². The first kappa shape index (κ1) is 14.9. The highest BCUT2D eigenvalue weighted by molar-refractivity contribution is 6.28. The first-order valence-corrected chi connectivity index (χ1v) is 6.94. The molecule has 0 atom stereocenters. The Bertz CT molecular complexity index is 862. The average molecular weight is 331 g/mol. The highest BCUT2D eigenvalue weighted by Crippen LogP contribution is 2.27. The van der Waals surface area contributed by atoms with Crippen molar-refractivity contribution in [1.82, 2.24) is 19.7 Å². The Morgan fingerprint density at radius 2 is 1.96 bits per heavy atom. The standard InChI is InChI=1S/C14H11ClN6O2/c1-20-8-10(6-17-20)9-2-4-11(5-3-9)18-13-12(21(22)23)7-16-14(15)19-13/h2-8H,1H3,(H,16,18,19). The average Bonchev–Trinajstić information content (AvgIpc) is 2.94. The van der Waals surface area contributed by atoms with Crippen LogP contribution >= 0.6 is 11.6 Å². The topological polar surface area (TPSA) is 98.8 Å². The summed E-state index contributed by atoms with van der Waals surface area (Å²) in [4.78, 5) is 17.9. The molecule has 1 N–H and O–H groups in total. The van der Waals surface area contributed by atoms with E-state index in [-0.39, 0.29) is 16.8 Å². The van der Waals surface area contributed by atoms with E-state index in [4.69, 9.17) is 11.6 Å². The van der Waals surface area contributed by atoms with Gasteiger partial charge in [-0.25, -0.2) is 4.98 Å². The number of aromatic nitrogens is 4. The van der Waals surface area contributed by atoms with Gasteiger partial charge in [0.1, 0.15) is 6.20 Å². The van der Waals surface area contributed by atoms with Gasteiger partial charge in [-0.05, 0) is 29.3 Å². The molecule has 0 unspecified atom stereocenters. The van der Waals surface area contributed by atoms with Gasteiger partial charge in [-0.1, -0.05) is 12.1 Å². The molecule has 9 heteroatoms. The van der Waals surface area contributed by atoms with E-state index in [9.17, 15) is 10.1 Å². The second kappa shape index (κ2) is 6.01. The normalized spacial score (nSPS) is 10.5. The van der Waals surface area contributed by atoms with E-state index in [2.05, 4.69) is 20.4 Å². The number of hydrogen-bond acceptors (Lipinski definition) is 6.